The Hall–Kier alpha value is -1.17. The highest BCUT2D eigenvalue weighted by molar-refractivity contribution is 5.80. The van der Waals surface area contributed by atoms with E-state index in [1.54, 1.807) is 6.08 Å². The van der Waals surface area contributed by atoms with Crippen LogP contribution in [0.3, 0.4) is 0 Å². The zero-order valence-corrected chi connectivity index (χ0v) is 39.9. The van der Waals surface area contributed by atoms with E-state index < -0.39 is 24.2 Å². The molecule has 0 radical (unpaired) electrons. The summed E-state index contributed by atoms with van der Waals surface area (Å²) in [4.78, 5) is 12.5. The standard InChI is InChI=1S/C54H105NO4/c1-3-5-7-9-11-13-15-17-19-21-23-24-25-26-27-28-29-30-31-33-35-37-39-41-43-45-47-49-53(58)54(59)55-51(50-56)52(57)48-46-44-42-40-38-36-34-32-22-20-18-16-14-12-10-8-6-4-2/h26-27,46,48,51-53,56-58H,3-25,28-45,47,49-50H2,1-2H3,(H,55,59)/b27-26-,48-46+. The second-order valence-corrected chi connectivity index (χ2v) is 18.4. The maximum Gasteiger partial charge on any atom is 0.249 e. The van der Waals surface area contributed by atoms with Gasteiger partial charge in [0.25, 0.3) is 0 Å². The largest absolute Gasteiger partial charge is 0.394 e. The quantitative estimate of drug-likeness (QED) is 0.0363. The molecule has 5 heteroatoms. The Morgan fingerprint density at radius 1 is 0.407 bits per heavy atom. The Bertz CT molecular complexity index is 874. The Labute approximate surface area is 369 Å². The molecule has 0 aromatic carbocycles. The van der Waals surface area contributed by atoms with Crippen molar-refractivity contribution in [3.05, 3.63) is 24.3 Å². The van der Waals surface area contributed by atoms with Crippen molar-refractivity contribution in [1.29, 1.82) is 0 Å². The molecule has 0 aromatic heterocycles. The molecule has 0 fully saturated rings. The highest BCUT2D eigenvalue weighted by Crippen LogP contribution is 2.17. The third kappa shape index (κ3) is 44.7. The summed E-state index contributed by atoms with van der Waals surface area (Å²) in [5.41, 5.74) is 0. The van der Waals surface area contributed by atoms with Gasteiger partial charge in [0.1, 0.15) is 6.10 Å². The summed E-state index contributed by atoms with van der Waals surface area (Å²) < 4.78 is 0. The number of carbonyl (C=O) groups is 1. The van der Waals surface area contributed by atoms with Gasteiger partial charge in [-0.2, -0.15) is 0 Å². The van der Waals surface area contributed by atoms with Crippen LogP contribution in [0.25, 0.3) is 0 Å². The summed E-state index contributed by atoms with van der Waals surface area (Å²) in [5, 5.41) is 33.3. The van der Waals surface area contributed by atoms with Crippen molar-refractivity contribution in [3.63, 3.8) is 0 Å². The van der Waals surface area contributed by atoms with Crippen molar-refractivity contribution >= 4 is 5.91 Å². The lowest BCUT2D eigenvalue weighted by Crippen LogP contribution is -2.48. The lowest BCUT2D eigenvalue weighted by Gasteiger charge is -2.21. The van der Waals surface area contributed by atoms with Crippen molar-refractivity contribution in [2.24, 2.45) is 0 Å². The Kier molecular flexibility index (Phi) is 48.5. The van der Waals surface area contributed by atoms with Crippen LogP contribution in [0.15, 0.2) is 24.3 Å². The van der Waals surface area contributed by atoms with Crippen LogP contribution < -0.4 is 5.32 Å². The topological polar surface area (TPSA) is 89.8 Å². The number of aliphatic hydroxyl groups excluding tert-OH is 3. The van der Waals surface area contributed by atoms with E-state index in [1.165, 1.54) is 238 Å². The minimum Gasteiger partial charge on any atom is -0.394 e. The van der Waals surface area contributed by atoms with Crippen LogP contribution in [-0.4, -0.2) is 46.1 Å². The van der Waals surface area contributed by atoms with Crippen LogP contribution in [0.4, 0.5) is 0 Å². The van der Waals surface area contributed by atoms with Crippen molar-refractivity contribution in [2.75, 3.05) is 6.61 Å². The third-order valence-corrected chi connectivity index (χ3v) is 12.5. The van der Waals surface area contributed by atoms with Crippen LogP contribution in [0.2, 0.25) is 0 Å². The third-order valence-electron chi connectivity index (χ3n) is 12.5. The fourth-order valence-corrected chi connectivity index (χ4v) is 8.36. The highest BCUT2D eigenvalue weighted by atomic mass is 16.3. The normalized spacial score (nSPS) is 13.5. The molecule has 5 nitrogen and oxygen atoms in total. The molecule has 0 saturated carbocycles. The summed E-state index contributed by atoms with van der Waals surface area (Å²) in [6, 6.07) is -0.796. The first-order valence-electron chi connectivity index (χ1n) is 26.7. The van der Waals surface area contributed by atoms with Gasteiger partial charge in [-0.1, -0.05) is 269 Å². The molecule has 0 rings (SSSR count). The summed E-state index contributed by atoms with van der Waals surface area (Å²) in [6.07, 6.45) is 62.4. The van der Waals surface area contributed by atoms with Gasteiger partial charge < -0.3 is 20.6 Å². The minimum atomic E-state index is -1.10. The molecule has 0 aliphatic carbocycles. The molecule has 0 aliphatic rings. The molecule has 0 saturated heterocycles. The number of hydrogen-bond acceptors (Lipinski definition) is 4. The molecule has 0 spiro atoms. The van der Waals surface area contributed by atoms with Crippen LogP contribution in [0, 0.1) is 0 Å². The first kappa shape index (κ1) is 57.8. The smallest absolute Gasteiger partial charge is 0.249 e. The van der Waals surface area contributed by atoms with Crippen molar-refractivity contribution in [1.82, 2.24) is 5.32 Å². The van der Waals surface area contributed by atoms with Gasteiger partial charge in [0, 0.05) is 0 Å². The van der Waals surface area contributed by atoms with Crippen LogP contribution in [0.5, 0.6) is 0 Å². The number of carbonyl (C=O) groups excluding carboxylic acids is 1. The van der Waals surface area contributed by atoms with Gasteiger partial charge in [-0.25, -0.2) is 0 Å². The number of aliphatic hydroxyl groups is 3. The van der Waals surface area contributed by atoms with Crippen molar-refractivity contribution in [3.8, 4) is 0 Å². The molecule has 59 heavy (non-hydrogen) atoms. The van der Waals surface area contributed by atoms with Crippen LogP contribution in [-0.2, 0) is 4.79 Å². The predicted octanol–water partition coefficient (Wildman–Crippen LogP) is 16.1. The molecule has 4 N–H and O–H groups in total. The van der Waals surface area contributed by atoms with Gasteiger partial charge >= 0.3 is 0 Å². The lowest BCUT2D eigenvalue weighted by atomic mass is 10.0. The number of amides is 1. The zero-order valence-electron chi connectivity index (χ0n) is 39.9. The Balaban J connectivity index is 3.57. The van der Waals surface area contributed by atoms with Gasteiger partial charge in [0.05, 0.1) is 18.8 Å². The number of nitrogens with one attached hydrogen (secondary N) is 1. The van der Waals surface area contributed by atoms with E-state index in [9.17, 15) is 20.1 Å². The summed E-state index contributed by atoms with van der Waals surface area (Å²) in [7, 11) is 0. The molecule has 0 bridgehead atoms. The highest BCUT2D eigenvalue weighted by Gasteiger charge is 2.22. The fraction of sp³-hybridized carbons (Fsp3) is 0.907. The molecule has 3 atom stereocenters. The van der Waals surface area contributed by atoms with E-state index >= 15 is 0 Å². The maximum atomic E-state index is 12.5. The summed E-state index contributed by atoms with van der Waals surface area (Å²) >= 11 is 0. The van der Waals surface area contributed by atoms with Gasteiger partial charge in [-0.05, 0) is 44.9 Å². The van der Waals surface area contributed by atoms with Crippen LogP contribution in [0.1, 0.15) is 290 Å². The molecular weight excluding hydrogens is 727 g/mol. The molecule has 0 aliphatic heterocycles. The maximum absolute atomic E-state index is 12.5. The van der Waals surface area contributed by atoms with E-state index in [1.807, 2.05) is 6.08 Å². The molecule has 0 aromatic rings. The predicted molar refractivity (Wildman–Crippen MR) is 259 cm³/mol. The number of allylic oxidation sites excluding steroid dienone is 3. The lowest BCUT2D eigenvalue weighted by molar-refractivity contribution is -0.131. The monoisotopic (exact) mass is 832 g/mol. The number of unbranched alkanes of at least 4 members (excludes halogenated alkanes) is 39. The first-order chi connectivity index (χ1) is 29.1. The average molecular weight is 832 g/mol. The molecular formula is C54H105NO4. The first-order valence-corrected chi connectivity index (χ1v) is 26.7. The SMILES string of the molecule is CCCCCCCCCCCCCC/C=C\CCCCCCCCCCCCCC(O)C(=O)NC(CO)C(O)/C=C/CCCCCCCCCCCCCCCCCC. The number of rotatable bonds is 49. The van der Waals surface area contributed by atoms with Gasteiger partial charge in [0.2, 0.25) is 5.91 Å². The second-order valence-electron chi connectivity index (χ2n) is 18.4. The average Bonchev–Trinajstić information content (AvgIpc) is 3.24. The van der Waals surface area contributed by atoms with E-state index in [4.69, 9.17) is 0 Å². The van der Waals surface area contributed by atoms with Crippen LogP contribution >= 0.6 is 0 Å². The van der Waals surface area contributed by atoms with E-state index in [0.717, 1.165) is 32.1 Å². The number of hydrogen-bond donors (Lipinski definition) is 4. The minimum absolute atomic E-state index is 0.361. The molecule has 350 valence electrons. The van der Waals surface area contributed by atoms with E-state index in [0.29, 0.717) is 6.42 Å². The van der Waals surface area contributed by atoms with Crippen molar-refractivity contribution < 1.29 is 20.1 Å². The van der Waals surface area contributed by atoms with Gasteiger partial charge in [-0.3, -0.25) is 4.79 Å². The second kappa shape index (κ2) is 49.5. The molecule has 1 amide bonds. The Morgan fingerprint density at radius 2 is 0.678 bits per heavy atom. The van der Waals surface area contributed by atoms with Gasteiger partial charge in [-0.15, -0.1) is 0 Å². The summed E-state index contributed by atoms with van der Waals surface area (Å²) in [6.45, 7) is 4.21. The van der Waals surface area contributed by atoms with E-state index in [-0.39, 0.29) is 6.61 Å². The van der Waals surface area contributed by atoms with E-state index in [2.05, 4.69) is 31.3 Å². The summed E-state index contributed by atoms with van der Waals surface area (Å²) in [5.74, 6) is -0.500. The Morgan fingerprint density at radius 3 is 0.983 bits per heavy atom. The van der Waals surface area contributed by atoms with Gasteiger partial charge in [0.15, 0.2) is 0 Å². The molecule has 0 heterocycles. The molecule has 3 unspecified atom stereocenters. The van der Waals surface area contributed by atoms with Crippen molar-refractivity contribution in [2.45, 2.75) is 308 Å². The zero-order chi connectivity index (χ0) is 43.0. The fourth-order valence-electron chi connectivity index (χ4n) is 8.36.